The van der Waals surface area contributed by atoms with Gasteiger partial charge in [0.2, 0.25) is 5.91 Å². The third kappa shape index (κ3) is 8.38. The molecule has 0 fully saturated rings. The van der Waals surface area contributed by atoms with E-state index in [0.29, 0.717) is 22.9 Å². The molecule has 35 heavy (non-hydrogen) atoms. The van der Waals surface area contributed by atoms with E-state index in [4.69, 9.17) is 14.2 Å². The SMILES string of the molecule is CCCCCCCC(Sc1ccc(C(C)(C)CC)cc1)C(=O)Nc1c(OC)cc(OC)cc1OC. The molecule has 2 aromatic rings. The van der Waals surface area contributed by atoms with Gasteiger partial charge in [-0.15, -0.1) is 11.8 Å². The maximum Gasteiger partial charge on any atom is 0.238 e. The van der Waals surface area contributed by atoms with Crippen molar-refractivity contribution in [2.75, 3.05) is 26.6 Å². The summed E-state index contributed by atoms with van der Waals surface area (Å²) in [6.07, 6.45) is 7.68. The highest BCUT2D eigenvalue weighted by Crippen LogP contribution is 2.40. The van der Waals surface area contributed by atoms with Crippen LogP contribution in [0.5, 0.6) is 17.2 Å². The molecule has 0 aromatic heterocycles. The number of carbonyl (C=O) groups excluding carboxylic acids is 1. The number of unbranched alkanes of at least 4 members (excludes halogenated alkanes) is 4. The third-order valence-electron chi connectivity index (χ3n) is 6.62. The molecule has 0 aliphatic carbocycles. The number of benzene rings is 2. The second-order valence-corrected chi connectivity index (χ2v) is 10.7. The Morgan fingerprint density at radius 1 is 0.914 bits per heavy atom. The number of thioether (sulfide) groups is 1. The Balaban J connectivity index is 2.24. The first-order valence-corrected chi connectivity index (χ1v) is 13.6. The minimum atomic E-state index is -0.224. The average Bonchev–Trinajstić information content (AvgIpc) is 2.88. The molecular weight excluding hydrogens is 458 g/mol. The molecule has 0 saturated carbocycles. The van der Waals surface area contributed by atoms with E-state index in [2.05, 4.69) is 57.3 Å². The monoisotopic (exact) mass is 501 g/mol. The van der Waals surface area contributed by atoms with Crippen molar-refractivity contribution < 1.29 is 19.0 Å². The van der Waals surface area contributed by atoms with Gasteiger partial charge in [-0.1, -0.05) is 71.9 Å². The molecule has 0 aliphatic heterocycles. The van der Waals surface area contributed by atoms with Gasteiger partial charge in [0, 0.05) is 17.0 Å². The Labute approximate surface area is 216 Å². The van der Waals surface area contributed by atoms with E-state index >= 15 is 0 Å². The van der Waals surface area contributed by atoms with E-state index < -0.39 is 0 Å². The van der Waals surface area contributed by atoms with Crippen molar-refractivity contribution in [3.63, 3.8) is 0 Å². The lowest BCUT2D eigenvalue weighted by Crippen LogP contribution is -2.26. The minimum Gasteiger partial charge on any atom is -0.496 e. The standard InChI is InChI=1S/C29H43NO4S/c1-8-10-11-12-13-14-26(35-23-17-15-21(16-18-23)29(3,4)9-2)28(31)30-27-24(33-6)19-22(32-5)20-25(27)34-7/h15-20,26H,8-14H2,1-7H3,(H,30,31). The van der Waals surface area contributed by atoms with Gasteiger partial charge >= 0.3 is 0 Å². The molecule has 1 amide bonds. The fourth-order valence-electron chi connectivity index (χ4n) is 3.86. The highest BCUT2D eigenvalue weighted by Gasteiger charge is 2.24. The number of nitrogens with one attached hydrogen (secondary N) is 1. The molecule has 0 bridgehead atoms. The van der Waals surface area contributed by atoms with Crippen LogP contribution in [0.4, 0.5) is 5.69 Å². The van der Waals surface area contributed by atoms with Crippen LogP contribution in [0.25, 0.3) is 0 Å². The minimum absolute atomic E-state index is 0.0507. The van der Waals surface area contributed by atoms with Crippen LogP contribution in [0.1, 0.15) is 78.2 Å². The lowest BCUT2D eigenvalue weighted by atomic mass is 9.82. The maximum absolute atomic E-state index is 13.5. The lowest BCUT2D eigenvalue weighted by molar-refractivity contribution is -0.115. The zero-order valence-corrected chi connectivity index (χ0v) is 23.3. The van der Waals surface area contributed by atoms with Gasteiger partial charge in [-0.3, -0.25) is 4.79 Å². The summed E-state index contributed by atoms with van der Waals surface area (Å²) in [7, 11) is 4.73. The number of ether oxygens (including phenoxy) is 3. The highest BCUT2D eigenvalue weighted by atomic mass is 32.2. The summed E-state index contributed by atoms with van der Waals surface area (Å²) < 4.78 is 16.4. The zero-order valence-electron chi connectivity index (χ0n) is 22.5. The van der Waals surface area contributed by atoms with Gasteiger partial charge < -0.3 is 19.5 Å². The second kappa shape index (κ2) is 14.3. The third-order valence-corrected chi connectivity index (χ3v) is 7.90. The van der Waals surface area contributed by atoms with Gasteiger partial charge in [0.05, 0.1) is 26.6 Å². The molecular formula is C29H43NO4S. The van der Waals surface area contributed by atoms with Crippen molar-refractivity contribution in [2.24, 2.45) is 0 Å². The van der Waals surface area contributed by atoms with Crippen LogP contribution in [0.3, 0.4) is 0 Å². The number of anilines is 1. The number of carbonyl (C=O) groups is 1. The summed E-state index contributed by atoms with van der Waals surface area (Å²) in [5.74, 6) is 1.57. The van der Waals surface area contributed by atoms with E-state index in [-0.39, 0.29) is 16.6 Å². The first-order chi connectivity index (χ1) is 16.8. The second-order valence-electron chi connectivity index (χ2n) is 9.47. The summed E-state index contributed by atoms with van der Waals surface area (Å²) >= 11 is 1.62. The normalized spacial score (nSPS) is 12.2. The molecule has 0 heterocycles. The van der Waals surface area contributed by atoms with Crippen molar-refractivity contribution in [1.29, 1.82) is 0 Å². The Morgan fingerprint density at radius 2 is 1.51 bits per heavy atom. The topological polar surface area (TPSA) is 56.8 Å². The Morgan fingerprint density at radius 3 is 2.03 bits per heavy atom. The van der Waals surface area contributed by atoms with E-state index in [1.165, 1.54) is 24.8 Å². The summed E-state index contributed by atoms with van der Waals surface area (Å²) in [5, 5.41) is 2.86. The van der Waals surface area contributed by atoms with Gasteiger partial charge in [-0.2, -0.15) is 0 Å². The van der Waals surface area contributed by atoms with E-state index in [1.54, 1.807) is 45.2 Å². The van der Waals surface area contributed by atoms with Gasteiger partial charge in [0.1, 0.15) is 22.9 Å². The predicted octanol–water partition coefficient (Wildman–Crippen LogP) is 7.86. The van der Waals surface area contributed by atoms with Gasteiger partial charge in [0.25, 0.3) is 0 Å². The number of rotatable bonds is 15. The van der Waals surface area contributed by atoms with E-state index in [0.717, 1.165) is 30.6 Å². The van der Waals surface area contributed by atoms with Crippen molar-refractivity contribution in [1.82, 2.24) is 0 Å². The molecule has 2 aromatic carbocycles. The summed E-state index contributed by atoms with van der Waals surface area (Å²) in [6.45, 7) is 8.95. The molecule has 6 heteroatoms. The van der Waals surface area contributed by atoms with E-state index in [9.17, 15) is 4.79 Å². The van der Waals surface area contributed by atoms with Crippen LogP contribution < -0.4 is 19.5 Å². The van der Waals surface area contributed by atoms with Crippen LogP contribution in [-0.4, -0.2) is 32.5 Å². The largest absolute Gasteiger partial charge is 0.496 e. The van der Waals surface area contributed by atoms with Gasteiger partial charge in [0.15, 0.2) is 0 Å². The first-order valence-electron chi connectivity index (χ1n) is 12.7. The van der Waals surface area contributed by atoms with Crippen LogP contribution >= 0.6 is 11.8 Å². The van der Waals surface area contributed by atoms with Gasteiger partial charge in [-0.05, 0) is 36.0 Å². The number of amides is 1. The molecule has 0 spiro atoms. The van der Waals surface area contributed by atoms with Crippen LogP contribution in [-0.2, 0) is 10.2 Å². The molecule has 1 N–H and O–H groups in total. The Bertz CT molecular complexity index is 902. The predicted molar refractivity (Wildman–Crippen MR) is 148 cm³/mol. The molecule has 5 nitrogen and oxygen atoms in total. The maximum atomic E-state index is 13.5. The van der Waals surface area contributed by atoms with Crippen molar-refractivity contribution in [3.05, 3.63) is 42.0 Å². The fraction of sp³-hybridized carbons (Fsp3) is 0.552. The molecule has 0 saturated heterocycles. The van der Waals surface area contributed by atoms with Crippen molar-refractivity contribution in [2.45, 2.75) is 88.2 Å². The van der Waals surface area contributed by atoms with Crippen molar-refractivity contribution >= 4 is 23.4 Å². The quantitative estimate of drug-likeness (QED) is 0.199. The average molecular weight is 502 g/mol. The summed E-state index contributed by atoms with van der Waals surface area (Å²) in [4.78, 5) is 14.6. The summed E-state index contributed by atoms with van der Waals surface area (Å²) in [5.41, 5.74) is 1.98. The molecule has 0 radical (unpaired) electrons. The van der Waals surface area contributed by atoms with Gasteiger partial charge in [-0.25, -0.2) is 0 Å². The van der Waals surface area contributed by atoms with Crippen LogP contribution in [0.2, 0.25) is 0 Å². The number of hydrogen-bond donors (Lipinski definition) is 1. The molecule has 0 aliphatic rings. The molecule has 1 unspecified atom stereocenters. The summed E-state index contributed by atoms with van der Waals surface area (Å²) in [6, 6.07) is 12.2. The van der Waals surface area contributed by atoms with E-state index in [1.807, 2.05) is 0 Å². The van der Waals surface area contributed by atoms with Crippen LogP contribution in [0, 0.1) is 0 Å². The van der Waals surface area contributed by atoms with Crippen LogP contribution in [0.15, 0.2) is 41.3 Å². The fourth-order valence-corrected chi connectivity index (χ4v) is 4.93. The number of methoxy groups -OCH3 is 3. The Kier molecular flexibility index (Phi) is 11.8. The zero-order chi connectivity index (χ0) is 25.8. The first kappa shape index (κ1) is 28.9. The highest BCUT2D eigenvalue weighted by molar-refractivity contribution is 8.00. The molecule has 2 rings (SSSR count). The Hall–Kier alpha value is -2.34. The number of hydrogen-bond acceptors (Lipinski definition) is 5. The lowest BCUT2D eigenvalue weighted by Gasteiger charge is -2.24. The molecule has 194 valence electrons. The molecule has 1 atom stereocenters. The smallest absolute Gasteiger partial charge is 0.238 e. The van der Waals surface area contributed by atoms with Crippen molar-refractivity contribution in [3.8, 4) is 17.2 Å².